The van der Waals surface area contributed by atoms with E-state index in [1.165, 1.54) is 37.7 Å². The van der Waals surface area contributed by atoms with Crippen LogP contribution < -0.4 is 14.8 Å². The van der Waals surface area contributed by atoms with Gasteiger partial charge in [0.05, 0.1) is 13.7 Å². The molecule has 1 atom stereocenters. The smallest absolute Gasteiger partial charge is 0.124 e. The van der Waals surface area contributed by atoms with Crippen molar-refractivity contribution in [3.05, 3.63) is 35.4 Å². The average molecular weight is 287 g/mol. The molecule has 1 aromatic carbocycles. The lowest BCUT2D eigenvalue weighted by Gasteiger charge is -2.27. The van der Waals surface area contributed by atoms with Crippen LogP contribution in [0.2, 0.25) is 0 Å². The Morgan fingerprint density at radius 1 is 1.33 bits per heavy atom. The van der Waals surface area contributed by atoms with Crippen LogP contribution >= 0.6 is 0 Å². The van der Waals surface area contributed by atoms with Gasteiger partial charge >= 0.3 is 0 Å². The number of ether oxygens (including phenoxy) is 2. The van der Waals surface area contributed by atoms with Crippen molar-refractivity contribution in [3.8, 4) is 11.5 Å². The second-order valence-electron chi connectivity index (χ2n) is 5.91. The summed E-state index contributed by atoms with van der Waals surface area (Å²) in [6.07, 6.45) is 9.93. The molecule has 0 radical (unpaired) electrons. The molecule has 3 rings (SSSR count). The van der Waals surface area contributed by atoms with Gasteiger partial charge in [-0.3, -0.25) is 0 Å². The highest BCUT2D eigenvalue weighted by Crippen LogP contribution is 2.34. The first kappa shape index (κ1) is 14.5. The summed E-state index contributed by atoms with van der Waals surface area (Å²) in [6, 6.07) is 6.47. The highest BCUT2D eigenvalue weighted by Gasteiger charge is 2.21. The molecule has 0 fully saturated rings. The van der Waals surface area contributed by atoms with Crippen LogP contribution in [0.4, 0.5) is 0 Å². The number of hydrogen-bond acceptors (Lipinski definition) is 3. The van der Waals surface area contributed by atoms with Crippen molar-refractivity contribution >= 4 is 0 Å². The van der Waals surface area contributed by atoms with Gasteiger partial charge in [-0.15, -0.1) is 0 Å². The number of hydrogen-bond donors (Lipinski definition) is 1. The summed E-state index contributed by atoms with van der Waals surface area (Å²) < 4.78 is 11.1. The molecule has 0 bridgehead atoms. The average Bonchev–Trinajstić information content (AvgIpc) is 2.55. The maximum absolute atomic E-state index is 5.74. The van der Waals surface area contributed by atoms with Crippen molar-refractivity contribution in [2.45, 2.75) is 44.6 Å². The Bertz CT molecular complexity index is 510. The Morgan fingerprint density at radius 3 is 3.10 bits per heavy atom. The van der Waals surface area contributed by atoms with Crippen LogP contribution in [0.15, 0.2) is 29.8 Å². The molecule has 1 unspecified atom stereocenters. The lowest BCUT2D eigenvalue weighted by Crippen LogP contribution is -2.28. The van der Waals surface area contributed by atoms with Crippen LogP contribution in [0.1, 0.15) is 50.1 Å². The van der Waals surface area contributed by atoms with Crippen LogP contribution in [0.5, 0.6) is 11.5 Å². The molecule has 2 aliphatic rings. The van der Waals surface area contributed by atoms with Gasteiger partial charge in [0.1, 0.15) is 11.5 Å². The van der Waals surface area contributed by atoms with Crippen LogP contribution in [0, 0.1) is 0 Å². The fraction of sp³-hybridized carbons (Fsp3) is 0.556. The first-order valence-corrected chi connectivity index (χ1v) is 8.09. The van der Waals surface area contributed by atoms with Gasteiger partial charge in [-0.1, -0.05) is 11.6 Å². The van der Waals surface area contributed by atoms with Gasteiger partial charge in [0.25, 0.3) is 0 Å². The van der Waals surface area contributed by atoms with E-state index in [1.54, 1.807) is 12.7 Å². The minimum Gasteiger partial charge on any atom is -0.497 e. The van der Waals surface area contributed by atoms with E-state index >= 15 is 0 Å². The molecule has 1 N–H and O–H groups in total. The van der Waals surface area contributed by atoms with Gasteiger partial charge in [0.2, 0.25) is 0 Å². The Kier molecular flexibility index (Phi) is 4.81. The van der Waals surface area contributed by atoms with Gasteiger partial charge in [-0.25, -0.2) is 0 Å². The molecule has 1 heterocycles. The number of nitrogens with one attached hydrogen (secondary N) is 1. The summed E-state index contributed by atoms with van der Waals surface area (Å²) in [5, 5.41) is 3.70. The summed E-state index contributed by atoms with van der Waals surface area (Å²) in [6.45, 7) is 1.84. The predicted molar refractivity (Wildman–Crippen MR) is 85.0 cm³/mol. The standard InChI is InChI=1S/C18H25NO2/c1-20-15-7-8-18-16(13-15)17(10-12-21-18)19-11-9-14-5-3-2-4-6-14/h5,7-8,13,17,19H,2-4,6,9-12H2,1H3. The highest BCUT2D eigenvalue weighted by molar-refractivity contribution is 5.43. The number of allylic oxidation sites excluding steroid dienone is 1. The van der Waals surface area contributed by atoms with E-state index in [2.05, 4.69) is 17.5 Å². The van der Waals surface area contributed by atoms with Crippen molar-refractivity contribution in [2.24, 2.45) is 0 Å². The second kappa shape index (κ2) is 6.99. The summed E-state index contributed by atoms with van der Waals surface area (Å²) in [5.74, 6) is 1.90. The van der Waals surface area contributed by atoms with Gasteiger partial charge < -0.3 is 14.8 Å². The van der Waals surface area contributed by atoms with Crippen molar-refractivity contribution in [1.82, 2.24) is 5.32 Å². The third kappa shape index (κ3) is 3.59. The third-order valence-corrected chi connectivity index (χ3v) is 4.48. The van der Waals surface area contributed by atoms with Crippen LogP contribution in [-0.2, 0) is 0 Å². The number of benzene rings is 1. The monoisotopic (exact) mass is 287 g/mol. The fourth-order valence-corrected chi connectivity index (χ4v) is 3.25. The molecule has 114 valence electrons. The van der Waals surface area contributed by atoms with Crippen molar-refractivity contribution < 1.29 is 9.47 Å². The van der Waals surface area contributed by atoms with E-state index in [0.717, 1.165) is 31.1 Å². The maximum Gasteiger partial charge on any atom is 0.124 e. The van der Waals surface area contributed by atoms with Gasteiger partial charge in [-0.2, -0.15) is 0 Å². The molecular formula is C18H25NO2. The fourth-order valence-electron chi connectivity index (χ4n) is 3.25. The normalized spacial score (nSPS) is 21.2. The predicted octanol–water partition coefficient (Wildman–Crippen LogP) is 4.00. The molecule has 0 saturated heterocycles. The molecule has 3 nitrogen and oxygen atoms in total. The molecule has 3 heteroatoms. The molecular weight excluding hydrogens is 262 g/mol. The molecule has 0 saturated carbocycles. The second-order valence-corrected chi connectivity index (χ2v) is 5.91. The molecule has 0 amide bonds. The van der Waals surface area contributed by atoms with Crippen LogP contribution in [0.3, 0.4) is 0 Å². The molecule has 1 aromatic rings. The first-order chi connectivity index (χ1) is 10.4. The Balaban J connectivity index is 1.60. The lowest BCUT2D eigenvalue weighted by molar-refractivity contribution is 0.252. The summed E-state index contributed by atoms with van der Waals surface area (Å²) in [7, 11) is 1.71. The minimum atomic E-state index is 0.382. The Morgan fingerprint density at radius 2 is 2.29 bits per heavy atom. The number of methoxy groups -OCH3 is 1. The van der Waals surface area contributed by atoms with E-state index in [4.69, 9.17) is 9.47 Å². The van der Waals surface area contributed by atoms with E-state index in [1.807, 2.05) is 12.1 Å². The van der Waals surface area contributed by atoms with E-state index in [-0.39, 0.29) is 0 Å². The Hall–Kier alpha value is -1.48. The summed E-state index contributed by atoms with van der Waals surface area (Å²) in [4.78, 5) is 0. The molecule has 1 aliphatic carbocycles. The molecule has 21 heavy (non-hydrogen) atoms. The lowest BCUT2D eigenvalue weighted by atomic mass is 9.96. The highest BCUT2D eigenvalue weighted by atomic mass is 16.5. The number of rotatable bonds is 5. The van der Waals surface area contributed by atoms with Crippen molar-refractivity contribution in [3.63, 3.8) is 0 Å². The zero-order valence-electron chi connectivity index (χ0n) is 12.9. The topological polar surface area (TPSA) is 30.5 Å². The van der Waals surface area contributed by atoms with E-state index < -0.39 is 0 Å². The van der Waals surface area contributed by atoms with E-state index in [0.29, 0.717) is 6.04 Å². The zero-order valence-corrected chi connectivity index (χ0v) is 12.9. The largest absolute Gasteiger partial charge is 0.497 e. The molecule has 0 spiro atoms. The SMILES string of the molecule is COc1ccc2c(c1)C(NCCC1=CCCCC1)CCO2. The minimum absolute atomic E-state index is 0.382. The van der Waals surface area contributed by atoms with Crippen molar-refractivity contribution in [1.29, 1.82) is 0 Å². The quantitative estimate of drug-likeness (QED) is 0.830. The van der Waals surface area contributed by atoms with Crippen LogP contribution in [-0.4, -0.2) is 20.3 Å². The Labute approximate surface area is 127 Å². The molecule has 0 aromatic heterocycles. The van der Waals surface area contributed by atoms with Gasteiger partial charge in [0, 0.05) is 18.0 Å². The first-order valence-electron chi connectivity index (χ1n) is 8.09. The van der Waals surface area contributed by atoms with Crippen LogP contribution in [0.25, 0.3) is 0 Å². The maximum atomic E-state index is 5.74. The zero-order chi connectivity index (χ0) is 14.5. The van der Waals surface area contributed by atoms with E-state index in [9.17, 15) is 0 Å². The number of fused-ring (bicyclic) bond motifs is 1. The van der Waals surface area contributed by atoms with Gasteiger partial charge in [0.15, 0.2) is 0 Å². The van der Waals surface area contributed by atoms with Gasteiger partial charge in [-0.05, 0) is 56.8 Å². The van der Waals surface area contributed by atoms with Crippen molar-refractivity contribution in [2.75, 3.05) is 20.3 Å². The summed E-state index contributed by atoms with van der Waals surface area (Å²) in [5.41, 5.74) is 2.87. The summed E-state index contributed by atoms with van der Waals surface area (Å²) >= 11 is 0. The third-order valence-electron chi connectivity index (χ3n) is 4.48. The molecule has 1 aliphatic heterocycles.